The SMILES string of the molecule is CSc1cccc(N2C(=O)N(Cc3cccc(C)c3)[C@H]3CS(=O)(=O)C[C@@H]32)c1. The number of carbonyl (C=O) groups is 1. The second-order valence-electron chi connectivity index (χ2n) is 7.18. The summed E-state index contributed by atoms with van der Waals surface area (Å²) in [6.07, 6.45) is 1.98. The summed E-state index contributed by atoms with van der Waals surface area (Å²) >= 11 is 1.60. The maximum atomic E-state index is 13.3. The summed E-state index contributed by atoms with van der Waals surface area (Å²) in [6, 6.07) is 15.0. The molecule has 0 aliphatic carbocycles. The molecular weight excluding hydrogens is 380 g/mol. The van der Waals surface area contributed by atoms with Crippen LogP contribution in [0.15, 0.2) is 53.4 Å². The summed E-state index contributed by atoms with van der Waals surface area (Å²) in [5.74, 6) is 0.0607. The lowest BCUT2D eigenvalue weighted by molar-refractivity contribution is 0.206. The molecule has 2 saturated heterocycles. The Bertz CT molecular complexity index is 990. The molecule has 0 saturated carbocycles. The molecule has 27 heavy (non-hydrogen) atoms. The smallest absolute Gasteiger partial charge is 0.314 e. The van der Waals surface area contributed by atoms with Crippen LogP contribution in [-0.4, -0.2) is 49.2 Å². The fourth-order valence-electron chi connectivity index (χ4n) is 4.03. The van der Waals surface area contributed by atoms with Crippen LogP contribution in [0.5, 0.6) is 0 Å². The van der Waals surface area contributed by atoms with Crippen LogP contribution in [0.2, 0.25) is 0 Å². The number of anilines is 1. The molecule has 2 atom stereocenters. The van der Waals surface area contributed by atoms with Gasteiger partial charge in [0.05, 0.1) is 23.6 Å². The van der Waals surface area contributed by atoms with Crippen LogP contribution >= 0.6 is 11.8 Å². The molecule has 0 aromatic heterocycles. The average Bonchev–Trinajstić information content (AvgIpc) is 3.06. The lowest BCUT2D eigenvalue weighted by Gasteiger charge is -2.23. The first-order chi connectivity index (χ1) is 12.9. The second kappa shape index (κ2) is 6.87. The van der Waals surface area contributed by atoms with Gasteiger partial charge in [0.2, 0.25) is 0 Å². The average molecular weight is 403 g/mol. The van der Waals surface area contributed by atoms with Gasteiger partial charge in [-0.1, -0.05) is 35.9 Å². The molecule has 0 N–H and O–H groups in total. The van der Waals surface area contributed by atoms with E-state index in [1.165, 1.54) is 0 Å². The van der Waals surface area contributed by atoms with Crippen molar-refractivity contribution in [2.45, 2.75) is 30.4 Å². The molecule has 0 spiro atoms. The van der Waals surface area contributed by atoms with E-state index in [-0.39, 0.29) is 29.6 Å². The van der Waals surface area contributed by atoms with Crippen LogP contribution in [0.4, 0.5) is 10.5 Å². The minimum Gasteiger partial charge on any atom is -0.314 e. The number of urea groups is 1. The summed E-state index contributed by atoms with van der Waals surface area (Å²) in [4.78, 5) is 17.7. The summed E-state index contributed by atoms with van der Waals surface area (Å²) < 4.78 is 24.7. The van der Waals surface area contributed by atoms with Crippen molar-refractivity contribution in [3.63, 3.8) is 0 Å². The first-order valence-electron chi connectivity index (χ1n) is 8.88. The minimum atomic E-state index is -3.16. The van der Waals surface area contributed by atoms with E-state index in [0.717, 1.165) is 21.7 Å². The van der Waals surface area contributed by atoms with Gasteiger partial charge in [-0.2, -0.15) is 0 Å². The Kier molecular flexibility index (Phi) is 4.68. The van der Waals surface area contributed by atoms with Gasteiger partial charge in [-0.05, 0) is 36.9 Å². The van der Waals surface area contributed by atoms with E-state index < -0.39 is 9.84 Å². The molecule has 2 fully saturated rings. The van der Waals surface area contributed by atoms with E-state index >= 15 is 0 Å². The Morgan fingerprint density at radius 3 is 2.56 bits per heavy atom. The van der Waals surface area contributed by atoms with Gasteiger partial charge in [0.15, 0.2) is 9.84 Å². The Hall–Kier alpha value is -1.99. The zero-order valence-electron chi connectivity index (χ0n) is 15.3. The van der Waals surface area contributed by atoms with Crippen molar-refractivity contribution in [3.8, 4) is 0 Å². The molecule has 2 aromatic rings. The van der Waals surface area contributed by atoms with Crippen LogP contribution in [-0.2, 0) is 16.4 Å². The van der Waals surface area contributed by atoms with Gasteiger partial charge < -0.3 is 4.90 Å². The highest BCUT2D eigenvalue weighted by atomic mass is 32.2. The van der Waals surface area contributed by atoms with E-state index in [2.05, 4.69) is 0 Å². The van der Waals surface area contributed by atoms with E-state index in [1.54, 1.807) is 21.6 Å². The number of fused-ring (bicyclic) bond motifs is 1. The Morgan fingerprint density at radius 1 is 1.07 bits per heavy atom. The van der Waals surface area contributed by atoms with Gasteiger partial charge >= 0.3 is 6.03 Å². The van der Waals surface area contributed by atoms with Gasteiger partial charge in [0.25, 0.3) is 0 Å². The highest BCUT2D eigenvalue weighted by Crippen LogP contribution is 2.37. The predicted octanol–water partition coefficient (Wildman–Crippen LogP) is 3.32. The normalized spacial score (nSPS) is 23.7. The van der Waals surface area contributed by atoms with Crippen LogP contribution in [0, 0.1) is 6.92 Å². The largest absolute Gasteiger partial charge is 0.325 e. The maximum Gasteiger partial charge on any atom is 0.325 e. The van der Waals surface area contributed by atoms with Gasteiger partial charge in [-0.3, -0.25) is 4.90 Å². The lowest BCUT2D eigenvalue weighted by atomic mass is 10.1. The van der Waals surface area contributed by atoms with Crippen molar-refractivity contribution in [2.75, 3.05) is 22.7 Å². The molecule has 0 unspecified atom stereocenters. The van der Waals surface area contributed by atoms with Crippen molar-refractivity contribution in [3.05, 3.63) is 59.7 Å². The van der Waals surface area contributed by atoms with Gasteiger partial charge in [-0.15, -0.1) is 11.8 Å². The first-order valence-corrected chi connectivity index (χ1v) is 11.9. The Morgan fingerprint density at radius 2 is 1.81 bits per heavy atom. The van der Waals surface area contributed by atoms with Crippen molar-refractivity contribution in [1.29, 1.82) is 0 Å². The number of aryl methyl sites for hydroxylation is 1. The molecule has 2 aliphatic rings. The van der Waals surface area contributed by atoms with Crippen molar-refractivity contribution in [1.82, 2.24) is 4.90 Å². The predicted molar refractivity (Wildman–Crippen MR) is 109 cm³/mol. The monoisotopic (exact) mass is 402 g/mol. The molecule has 7 heteroatoms. The highest BCUT2D eigenvalue weighted by Gasteiger charge is 2.53. The molecule has 2 amide bonds. The van der Waals surface area contributed by atoms with E-state index in [0.29, 0.717) is 6.54 Å². The molecule has 4 rings (SSSR count). The minimum absolute atomic E-state index is 0.0250. The molecule has 2 aliphatic heterocycles. The lowest BCUT2D eigenvalue weighted by Crippen LogP contribution is -2.37. The zero-order valence-corrected chi connectivity index (χ0v) is 17.0. The van der Waals surface area contributed by atoms with Gasteiger partial charge in [0, 0.05) is 17.1 Å². The number of benzene rings is 2. The Balaban J connectivity index is 1.71. The van der Waals surface area contributed by atoms with E-state index in [9.17, 15) is 13.2 Å². The molecular formula is C20H22N2O3S2. The van der Waals surface area contributed by atoms with Crippen molar-refractivity contribution >= 4 is 33.3 Å². The molecule has 0 radical (unpaired) electrons. The van der Waals surface area contributed by atoms with Gasteiger partial charge in [0.1, 0.15) is 0 Å². The third-order valence-electron chi connectivity index (χ3n) is 5.24. The number of sulfone groups is 1. The second-order valence-corrected chi connectivity index (χ2v) is 10.2. The van der Waals surface area contributed by atoms with Gasteiger partial charge in [-0.25, -0.2) is 13.2 Å². The van der Waals surface area contributed by atoms with Crippen molar-refractivity contribution < 1.29 is 13.2 Å². The number of hydrogen-bond acceptors (Lipinski definition) is 4. The third kappa shape index (κ3) is 3.46. The third-order valence-corrected chi connectivity index (χ3v) is 7.67. The number of rotatable bonds is 4. The standard InChI is InChI=1S/C20H22N2O3S2/c1-14-5-3-6-15(9-14)11-21-18-12-27(24,25)13-19(18)22(20(21)23)16-7-4-8-17(10-16)26-2/h3-10,18-19H,11-13H2,1-2H3/t18-,19-/m0/s1. The summed E-state index contributed by atoms with van der Waals surface area (Å²) in [5, 5.41) is 0. The Labute approximate surface area is 164 Å². The zero-order chi connectivity index (χ0) is 19.2. The quantitative estimate of drug-likeness (QED) is 0.581. The number of hydrogen-bond donors (Lipinski definition) is 0. The van der Waals surface area contributed by atoms with Crippen LogP contribution in [0.25, 0.3) is 0 Å². The fraction of sp³-hybridized carbons (Fsp3) is 0.350. The summed E-state index contributed by atoms with van der Waals surface area (Å²) in [5.41, 5.74) is 2.91. The molecule has 2 heterocycles. The fourth-order valence-corrected chi connectivity index (χ4v) is 6.43. The van der Waals surface area contributed by atoms with Crippen LogP contribution < -0.4 is 4.90 Å². The number of carbonyl (C=O) groups excluding carboxylic acids is 1. The van der Waals surface area contributed by atoms with E-state index in [4.69, 9.17) is 0 Å². The number of nitrogens with zero attached hydrogens (tertiary/aromatic N) is 2. The van der Waals surface area contributed by atoms with Crippen LogP contribution in [0.3, 0.4) is 0 Å². The highest BCUT2D eigenvalue weighted by molar-refractivity contribution is 7.98. The molecule has 5 nitrogen and oxygen atoms in total. The van der Waals surface area contributed by atoms with Crippen molar-refractivity contribution in [2.24, 2.45) is 0 Å². The molecule has 2 aromatic carbocycles. The number of thioether (sulfide) groups is 1. The topological polar surface area (TPSA) is 57.7 Å². The number of amides is 2. The first kappa shape index (κ1) is 18.4. The summed E-state index contributed by atoms with van der Waals surface area (Å²) in [7, 11) is -3.16. The molecule has 142 valence electrons. The van der Waals surface area contributed by atoms with Crippen LogP contribution in [0.1, 0.15) is 11.1 Å². The maximum absolute atomic E-state index is 13.3. The summed E-state index contributed by atoms with van der Waals surface area (Å²) in [6.45, 7) is 2.44. The van der Waals surface area contributed by atoms with E-state index in [1.807, 2.05) is 61.7 Å². The molecule has 0 bridgehead atoms.